The molecule has 3 nitrogen and oxygen atoms in total. The molecule has 1 unspecified atom stereocenters. The van der Waals surface area contributed by atoms with E-state index in [1.54, 1.807) is 0 Å². The highest BCUT2D eigenvalue weighted by Crippen LogP contribution is 2.50. The maximum absolute atomic E-state index is 11.3. The lowest BCUT2D eigenvalue weighted by molar-refractivity contribution is -0.153. The van der Waals surface area contributed by atoms with Crippen LogP contribution in [0.25, 0.3) is 0 Å². The fraction of sp³-hybridized carbons (Fsp3) is 0.917. The Balaban J connectivity index is 2.08. The molecule has 0 amide bonds. The summed E-state index contributed by atoms with van der Waals surface area (Å²) in [6.45, 7) is 11.4. The highest BCUT2D eigenvalue weighted by molar-refractivity contribution is 5.72. The van der Waals surface area contributed by atoms with Crippen LogP contribution in [0.3, 0.4) is 0 Å². The van der Waals surface area contributed by atoms with Gasteiger partial charge in [-0.05, 0) is 45.1 Å². The summed E-state index contributed by atoms with van der Waals surface area (Å²) in [4.78, 5) is 11.3. The van der Waals surface area contributed by atoms with Gasteiger partial charge in [-0.2, -0.15) is 0 Å². The maximum Gasteiger partial charge on any atom is 0.320 e. The molecule has 0 heterocycles. The Hall–Kier alpha value is -0.570. The number of hydrogen-bond acceptors (Lipinski definition) is 3. The van der Waals surface area contributed by atoms with Crippen molar-refractivity contribution in [1.29, 1.82) is 0 Å². The van der Waals surface area contributed by atoms with Gasteiger partial charge in [0.05, 0.1) is 6.54 Å². The molecule has 1 saturated carbocycles. The molecule has 0 aromatic rings. The van der Waals surface area contributed by atoms with Crippen molar-refractivity contribution >= 4 is 5.97 Å². The zero-order valence-electron chi connectivity index (χ0n) is 10.5. The molecule has 1 N–H and O–H groups in total. The highest BCUT2D eigenvalue weighted by atomic mass is 16.6. The first kappa shape index (κ1) is 12.5. The van der Waals surface area contributed by atoms with E-state index in [9.17, 15) is 4.79 Å². The van der Waals surface area contributed by atoms with E-state index in [1.165, 1.54) is 6.42 Å². The molecule has 3 heteroatoms. The molecule has 1 rings (SSSR count). The topological polar surface area (TPSA) is 38.3 Å². The van der Waals surface area contributed by atoms with E-state index in [0.29, 0.717) is 12.0 Å². The Kier molecular flexibility index (Phi) is 3.44. The first-order valence-electron chi connectivity index (χ1n) is 5.63. The normalized spacial score (nSPS) is 23.7. The van der Waals surface area contributed by atoms with Crippen LogP contribution in [0.1, 0.15) is 41.0 Å². The second-order valence-electron chi connectivity index (χ2n) is 6.11. The van der Waals surface area contributed by atoms with Crippen LogP contribution in [0.4, 0.5) is 0 Å². The lowest BCUT2D eigenvalue weighted by Gasteiger charge is -2.19. The van der Waals surface area contributed by atoms with Crippen LogP contribution in [-0.2, 0) is 9.53 Å². The first-order valence-corrected chi connectivity index (χ1v) is 5.63. The van der Waals surface area contributed by atoms with Gasteiger partial charge in [0.25, 0.3) is 0 Å². The Morgan fingerprint density at radius 1 is 1.47 bits per heavy atom. The Labute approximate surface area is 92.6 Å². The summed E-state index contributed by atoms with van der Waals surface area (Å²) in [6, 6.07) is 0. The van der Waals surface area contributed by atoms with Gasteiger partial charge in [-0.3, -0.25) is 4.79 Å². The van der Waals surface area contributed by atoms with Gasteiger partial charge in [0, 0.05) is 0 Å². The Morgan fingerprint density at radius 2 is 2.00 bits per heavy atom. The number of hydrogen-bond donors (Lipinski definition) is 1. The molecule has 15 heavy (non-hydrogen) atoms. The third-order valence-electron chi connectivity index (χ3n) is 2.80. The van der Waals surface area contributed by atoms with Gasteiger partial charge in [-0.25, -0.2) is 0 Å². The highest BCUT2D eigenvalue weighted by Gasteiger charge is 2.44. The number of esters is 1. The van der Waals surface area contributed by atoms with Gasteiger partial charge in [-0.1, -0.05) is 13.8 Å². The van der Waals surface area contributed by atoms with E-state index in [-0.39, 0.29) is 11.6 Å². The van der Waals surface area contributed by atoms with Gasteiger partial charge in [-0.15, -0.1) is 0 Å². The van der Waals surface area contributed by atoms with Gasteiger partial charge in [0.15, 0.2) is 0 Å². The molecular formula is C12H23NO2. The van der Waals surface area contributed by atoms with Crippen molar-refractivity contribution in [2.75, 3.05) is 13.1 Å². The summed E-state index contributed by atoms with van der Waals surface area (Å²) in [5.41, 5.74) is 0.0958. The van der Waals surface area contributed by atoms with E-state index < -0.39 is 0 Å². The van der Waals surface area contributed by atoms with Crippen molar-refractivity contribution in [1.82, 2.24) is 5.32 Å². The molecule has 88 valence electrons. The van der Waals surface area contributed by atoms with Crippen LogP contribution < -0.4 is 5.32 Å². The number of nitrogens with one attached hydrogen (secondary N) is 1. The van der Waals surface area contributed by atoms with Crippen molar-refractivity contribution in [2.24, 2.45) is 11.3 Å². The quantitative estimate of drug-likeness (QED) is 0.726. The lowest BCUT2D eigenvalue weighted by Crippen LogP contribution is -2.32. The Morgan fingerprint density at radius 3 is 2.40 bits per heavy atom. The van der Waals surface area contributed by atoms with Crippen molar-refractivity contribution < 1.29 is 9.53 Å². The van der Waals surface area contributed by atoms with Crippen LogP contribution in [0.5, 0.6) is 0 Å². The van der Waals surface area contributed by atoms with Crippen molar-refractivity contribution in [3.63, 3.8) is 0 Å². The minimum Gasteiger partial charge on any atom is -0.459 e. The minimum absolute atomic E-state index is 0.166. The van der Waals surface area contributed by atoms with Gasteiger partial charge >= 0.3 is 5.97 Å². The molecule has 0 bridgehead atoms. The molecule has 1 atom stereocenters. The van der Waals surface area contributed by atoms with E-state index in [2.05, 4.69) is 19.2 Å². The third kappa shape index (κ3) is 4.65. The second-order valence-corrected chi connectivity index (χ2v) is 6.11. The number of rotatable bonds is 4. The van der Waals surface area contributed by atoms with Crippen molar-refractivity contribution in [2.45, 2.75) is 46.6 Å². The fourth-order valence-electron chi connectivity index (χ4n) is 1.65. The first-order chi connectivity index (χ1) is 6.71. The van der Waals surface area contributed by atoms with Crippen molar-refractivity contribution in [3.05, 3.63) is 0 Å². The molecule has 0 aliphatic heterocycles. The van der Waals surface area contributed by atoms with Crippen LogP contribution in [0, 0.1) is 11.3 Å². The van der Waals surface area contributed by atoms with Gasteiger partial charge in [0.1, 0.15) is 5.60 Å². The van der Waals surface area contributed by atoms with Crippen LogP contribution in [0.15, 0.2) is 0 Å². The SMILES string of the molecule is CC(C)(C)OC(=O)CNCC1CC1(C)C. The van der Waals surface area contributed by atoms with Gasteiger partial charge < -0.3 is 10.1 Å². The molecular weight excluding hydrogens is 190 g/mol. The molecule has 0 saturated heterocycles. The van der Waals surface area contributed by atoms with E-state index >= 15 is 0 Å². The molecule has 0 radical (unpaired) electrons. The zero-order chi connectivity index (χ0) is 11.7. The number of carbonyl (C=O) groups excluding carboxylic acids is 1. The molecule has 0 spiro atoms. The summed E-state index contributed by atoms with van der Waals surface area (Å²) in [5.74, 6) is 0.556. The van der Waals surface area contributed by atoms with E-state index in [0.717, 1.165) is 12.5 Å². The largest absolute Gasteiger partial charge is 0.459 e. The zero-order valence-corrected chi connectivity index (χ0v) is 10.5. The fourth-order valence-corrected chi connectivity index (χ4v) is 1.65. The average molecular weight is 213 g/mol. The monoisotopic (exact) mass is 213 g/mol. The summed E-state index contributed by atoms with van der Waals surface area (Å²) in [6.07, 6.45) is 1.26. The molecule has 0 aromatic carbocycles. The molecule has 1 aliphatic rings. The summed E-state index contributed by atoms with van der Waals surface area (Å²) in [7, 11) is 0. The number of carbonyl (C=O) groups is 1. The molecule has 1 aliphatic carbocycles. The van der Waals surface area contributed by atoms with Gasteiger partial charge in [0.2, 0.25) is 0 Å². The van der Waals surface area contributed by atoms with Crippen LogP contribution in [-0.4, -0.2) is 24.7 Å². The minimum atomic E-state index is -0.377. The standard InChI is InChI=1S/C12H23NO2/c1-11(2,3)15-10(14)8-13-7-9-6-12(9,4)5/h9,13H,6-8H2,1-5H3. The molecule has 1 fully saturated rings. The molecule has 0 aromatic heterocycles. The average Bonchev–Trinajstić information content (AvgIpc) is 2.54. The van der Waals surface area contributed by atoms with Crippen LogP contribution >= 0.6 is 0 Å². The predicted octanol–water partition coefficient (Wildman–Crippen LogP) is 1.96. The smallest absolute Gasteiger partial charge is 0.320 e. The number of ether oxygens (including phenoxy) is 1. The summed E-state index contributed by atoms with van der Waals surface area (Å²) in [5, 5.41) is 3.15. The second kappa shape index (κ2) is 4.12. The Bertz CT molecular complexity index is 240. The summed E-state index contributed by atoms with van der Waals surface area (Å²) < 4.78 is 5.19. The van der Waals surface area contributed by atoms with E-state index in [1.807, 2.05) is 20.8 Å². The van der Waals surface area contributed by atoms with E-state index in [4.69, 9.17) is 4.74 Å². The lowest BCUT2D eigenvalue weighted by atomic mass is 10.1. The third-order valence-corrected chi connectivity index (χ3v) is 2.80. The van der Waals surface area contributed by atoms with Crippen molar-refractivity contribution in [3.8, 4) is 0 Å². The predicted molar refractivity (Wildman–Crippen MR) is 60.6 cm³/mol. The summed E-state index contributed by atoms with van der Waals surface area (Å²) >= 11 is 0. The van der Waals surface area contributed by atoms with Crippen LogP contribution in [0.2, 0.25) is 0 Å². The maximum atomic E-state index is 11.3.